The van der Waals surface area contributed by atoms with Crippen molar-refractivity contribution in [3.8, 4) is 5.75 Å². The van der Waals surface area contributed by atoms with Crippen LogP contribution in [0.2, 0.25) is 0 Å². The number of hydrogen-bond acceptors (Lipinski definition) is 4. The second kappa shape index (κ2) is 10.8. The van der Waals surface area contributed by atoms with Crippen LogP contribution in [0.25, 0.3) is 0 Å². The van der Waals surface area contributed by atoms with Crippen LogP contribution in [0.15, 0.2) is 78.9 Å². The number of ether oxygens (including phenoxy) is 1. The van der Waals surface area contributed by atoms with Gasteiger partial charge in [0.1, 0.15) is 11.8 Å². The fraction of sp³-hybridized carbons (Fsp3) is 0.259. The summed E-state index contributed by atoms with van der Waals surface area (Å²) in [7, 11) is 1.61. The first-order valence-electron chi connectivity index (χ1n) is 11.2. The molecule has 0 fully saturated rings. The molecule has 0 aromatic heterocycles. The van der Waals surface area contributed by atoms with Crippen LogP contribution in [0, 0.1) is 0 Å². The minimum absolute atomic E-state index is 0.169. The lowest BCUT2D eigenvalue weighted by molar-refractivity contribution is -0.130. The Hall–Kier alpha value is -3.64. The zero-order valence-corrected chi connectivity index (χ0v) is 18.7. The van der Waals surface area contributed by atoms with E-state index >= 15 is 0 Å². The molecule has 6 nitrogen and oxygen atoms in total. The Bertz CT molecular complexity index is 1100. The van der Waals surface area contributed by atoms with E-state index < -0.39 is 6.04 Å². The summed E-state index contributed by atoms with van der Waals surface area (Å²) in [6, 6.07) is 24.3. The number of nitrogens with one attached hydrogen (secondary N) is 3. The van der Waals surface area contributed by atoms with E-state index in [4.69, 9.17) is 4.74 Å². The van der Waals surface area contributed by atoms with Gasteiger partial charge in [0.05, 0.1) is 13.2 Å². The Labute approximate surface area is 194 Å². The van der Waals surface area contributed by atoms with Gasteiger partial charge in [0.2, 0.25) is 11.8 Å². The van der Waals surface area contributed by atoms with Gasteiger partial charge >= 0.3 is 0 Å². The zero-order chi connectivity index (χ0) is 23.0. The highest BCUT2D eigenvalue weighted by atomic mass is 16.5. The first kappa shape index (κ1) is 22.6. The summed E-state index contributed by atoms with van der Waals surface area (Å²) in [5, 5.41) is 9.25. The Morgan fingerprint density at radius 2 is 1.67 bits per heavy atom. The fourth-order valence-corrected chi connectivity index (χ4v) is 4.13. The molecular weight excluding hydrogens is 414 g/mol. The zero-order valence-electron chi connectivity index (χ0n) is 18.7. The summed E-state index contributed by atoms with van der Waals surface area (Å²) in [5.74, 6) is 0.318. The molecule has 3 aromatic carbocycles. The quantitative estimate of drug-likeness (QED) is 0.500. The van der Waals surface area contributed by atoms with Crippen LogP contribution in [0.4, 0.5) is 0 Å². The van der Waals surface area contributed by atoms with E-state index in [2.05, 4.69) is 28.1 Å². The Kier molecular flexibility index (Phi) is 7.37. The monoisotopic (exact) mass is 443 g/mol. The number of rotatable bonds is 8. The lowest BCUT2D eigenvalue weighted by Crippen LogP contribution is -2.54. The van der Waals surface area contributed by atoms with E-state index in [9.17, 15) is 9.59 Å². The molecular formula is C27H29N3O3. The van der Waals surface area contributed by atoms with Crippen molar-refractivity contribution >= 4 is 11.8 Å². The van der Waals surface area contributed by atoms with Crippen LogP contribution in [0.5, 0.6) is 5.75 Å². The molecule has 1 heterocycles. The number of benzene rings is 3. The average Bonchev–Trinajstić information content (AvgIpc) is 2.87. The Morgan fingerprint density at radius 1 is 0.970 bits per heavy atom. The number of para-hydroxylation sites is 1. The van der Waals surface area contributed by atoms with Gasteiger partial charge in [-0.1, -0.05) is 72.8 Å². The van der Waals surface area contributed by atoms with E-state index in [0.717, 1.165) is 16.7 Å². The van der Waals surface area contributed by atoms with Crippen LogP contribution in [-0.4, -0.2) is 31.0 Å². The van der Waals surface area contributed by atoms with E-state index in [1.54, 1.807) is 7.11 Å². The molecule has 170 valence electrons. The van der Waals surface area contributed by atoms with E-state index in [-0.39, 0.29) is 17.9 Å². The van der Waals surface area contributed by atoms with Crippen LogP contribution in [-0.2, 0) is 35.5 Å². The van der Waals surface area contributed by atoms with Gasteiger partial charge in [-0.05, 0) is 29.2 Å². The first-order valence-corrected chi connectivity index (χ1v) is 11.2. The minimum atomic E-state index is -0.687. The highest BCUT2D eigenvalue weighted by molar-refractivity contribution is 5.90. The molecule has 2 unspecified atom stereocenters. The summed E-state index contributed by atoms with van der Waals surface area (Å²) < 4.78 is 5.38. The standard InChI is InChI=1S/C27H29N3O3/c1-33-25-14-8-7-13-22(25)18-29-26(31)24(15-19-9-3-2-4-10-19)30-27(32)23-16-20-11-5-6-12-21(20)17-28-23/h2-14,23-24,28H,15-18H2,1H3,(H,29,31)(H,30,32). The number of hydrogen-bond donors (Lipinski definition) is 3. The van der Waals surface area contributed by atoms with Gasteiger partial charge in [0.25, 0.3) is 0 Å². The molecule has 6 heteroatoms. The van der Waals surface area contributed by atoms with Crippen molar-refractivity contribution in [2.75, 3.05) is 7.11 Å². The first-order chi connectivity index (χ1) is 16.1. The summed E-state index contributed by atoms with van der Waals surface area (Å²) in [6.07, 6.45) is 1.01. The third-order valence-electron chi connectivity index (χ3n) is 5.96. The molecule has 3 aromatic rings. The van der Waals surface area contributed by atoms with Gasteiger partial charge in [0.15, 0.2) is 0 Å². The molecule has 0 saturated carbocycles. The largest absolute Gasteiger partial charge is 0.496 e. The van der Waals surface area contributed by atoms with Crippen molar-refractivity contribution in [1.82, 2.24) is 16.0 Å². The molecule has 3 N–H and O–H groups in total. The highest BCUT2D eigenvalue weighted by Gasteiger charge is 2.28. The van der Waals surface area contributed by atoms with E-state index in [1.165, 1.54) is 5.56 Å². The van der Waals surface area contributed by atoms with E-state index in [0.29, 0.717) is 31.7 Å². The van der Waals surface area contributed by atoms with Crippen molar-refractivity contribution < 1.29 is 14.3 Å². The number of fused-ring (bicyclic) bond motifs is 1. The molecule has 1 aliphatic rings. The highest BCUT2D eigenvalue weighted by Crippen LogP contribution is 2.18. The lowest BCUT2D eigenvalue weighted by atomic mass is 9.95. The predicted molar refractivity (Wildman–Crippen MR) is 128 cm³/mol. The van der Waals surface area contributed by atoms with Crippen molar-refractivity contribution in [2.45, 2.75) is 38.0 Å². The maximum Gasteiger partial charge on any atom is 0.243 e. The van der Waals surface area contributed by atoms with Crippen LogP contribution < -0.4 is 20.7 Å². The van der Waals surface area contributed by atoms with Crippen LogP contribution >= 0.6 is 0 Å². The van der Waals surface area contributed by atoms with Crippen molar-refractivity contribution in [1.29, 1.82) is 0 Å². The summed E-state index contributed by atoms with van der Waals surface area (Å²) in [6.45, 7) is 0.955. The molecule has 1 aliphatic heterocycles. The van der Waals surface area contributed by atoms with E-state index in [1.807, 2.05) is 66.7 Å². The number of carbonyl (C=O) groups is 2. The number of carbonyl (C=O) groups excluding carboxylic acids is 2. The maximum absolute atomic E-state index is 13.2. The molecule has 0 saturated heterocycles. The smallest absolute Gasteiger partial charge is 0.243 e. The van der Waals surface area contributed by atoms with Gasteiger partial charge in [-0.25, -0.2) is 0 Å². The summed E-state index contributed by atoms with van der Waals surface area (Å²) >= 11 is 0. The van der Waals surface area contributed by atoms with Crippen LogP contribution in [0.3, 0.4) is 0 Å². The molecule has 4 rings (SSSR count). The topological polar surface area (TPSA) is 79.5 Å². The number of methoxy groups -OCH3 is 1. The summed E-state index contributed by atoms with van der Waals surface area (Å²) in [5.41, 5.74) is 4.23. The minimum Gasteiger partial charge on any atom is -0.496 e. The van der Waals surface area contributed by atoms with Gasteiger partial charge in [-0.15, -0.1) is 0 Å². The third kappa shape index (κ3) is 5.79. The van der Waals surface area contributed by atoms with Gasteiger partial charge in [-0.3, -0.25) is 9.59 Å². The molecule has 2 atom stereocenters. The van der Waals surface area contributed by atoms with Gasteiger partial charge in [0, 0.05) is 25.1 Å². The average molecular weight is 444 g/mol. The number of amides is 2. The molecule has 0 spiro atoms. The molecule has 2 amide bonds. The molecule has 0 bridgehead atoms. The van der Waals surface area contributed by atoms with Gasteiger partial charge < -0.3 is 20.7 Å². The fourth-order valence-electron chi connectivity index (χ4n) is 4.13. The van der Waals surface area contributed by atoms with Crippen molar-refractivity contribution in [3.63, 3.8) is 0 Å². The molecule has 33 heavy (non-hydrogen) atoms. The Balaban J connectivity index is 1.45. The normalized spacial score (nSPS) is 15.7. The maximum atomic E-state index is 13.2. The second-order valence-electron chi connectivity index (χ2n) is 8.19. The molecule has 0 aliphatic carbocycles. The predicted octanol–water partition coefficient (Wildman–Crippen LogP) is 2.75. The lowest BCUT2D eigenvalue weighted by Gasteiger charge is -2.27. The summed E-state index contributed by atoms with van der Waals surface area (Å²) in [4.78, 5) is 26.3. The SMILES string of the molecule is COc1ccccc1CNC(=O)C(Cc1ccccc1)NC(=O)C1Cc2ccccc2CN1. The molecule has 0 radical (unpaired) electrons. The van der Waals surface area contributed by atoms with Crippen molar-refractivity contribution in [2.24, 2.45) is 0 Å². The third-order valence-corrected chi connectivity index (χ3v) is 5.96. The second-order valence-corrected chi connectivity index (χ2v) is 8.19. The van der Waals surface area contributed by atoms with Crippen molar-refractivity contribution in [3.05, 3.63) is 101 Å². The Morgan fingerprint density at radius 3 is 2.45 bits per heavy atom. The van der Waals surface area contributed by atoms with Crippen LogP contribution in [0.1, 0.15) is 22.3 Å². The van der Waals surface area contributed by atoms with Gasteiger partial charge in [-0.2, -0.15) is 0 Å².